The van der Waals surface area contributed by atoms with Gasteiger partial charge in [-0.25, -0.2) is 0 Å². The average molecular weight is 848 g/mol. The van der Waals surface area contributed by atoms with Crippen molar-refractivity contribution in [3.8, 4) is 0 Å². The van der Waals surface area contributed by atoms with E-state index >= 15 is 0 Å². The maximum Gasteiger partial charge on any atom is 0.127 e. The molecule has 13 rings (SSSR count). The highest BCUT2D eigenvalue weighted by Gasteiger charge is 2.55. The van der Waals surface area contributed by atoms with Crippen molar-refractivity contribution in [3.05, 3.63) is 237 Å². The van der Waals surface area contributed by atoms with Crippen molar-refractivity contribution in [2.45, 2.75) is 94.6 Å². The van der Waals surface area contributed by atoms with E-state index < -0.39 is 0 Å². The molecule has 0 aromatic heterocycles. The molecule has 10 aliphatic carbocycles. The van der Waals surface area contributed by atoms with Gasteiger partial charge in [-0.15, -0.1) is 0 Å². The second-order valence-corrected chi connectivity index (χ2v) is 20.4. The summed E-state index contributed by atoms with van der Waals surface area (Å²) in [5, 5.41) is 2.84. The molecule has 2 aromatic carbocycles. The van der Waals surface area contributed by atoms with Crippen LogP contribution in [0.3, 0.4) is 0 Å². The Morgan fingerprint density at radius 3 is 2.42 bits per heavy atom. The van der Waals surface area contributed by atoms with Crippen molar-refractivity contribution >= 4 is 11.3 Å². The number of hydrogen-bond donors (Lipinski definition) is 0. The number of ether oxygens (including phenoxy) is 1. The van der Waals surface area contributed by atoms with Gasteiger partial charge in [-0.05, 0) is 139 Å². The molecular formula is C63H61NO. The maximum atomic E-state index is 6.84. The SMILES string of the molecule is C1=CCCC([C@@]2(c3ccccc3)C3=C(C=CC(N(C4=CCC(C5=CC6C7=C(OC6C=C5)C(C5C=CCCC5)=CCC7)C=C4)C4=c5ccccc5=C5C=CCCC5C4)C3)C3C=CC=CC32)=C1. The first-order valence-electron chi connectivity index (χ1n) is 25.3. The van der Waals surface area contributed by atoms with Crippen molar-refractivity contribution in [1.29, 1.82) is 0 Å². The lowest BCUT2D eigenvalue weighted by molar-refractivity contribution is 0.166. The zero-order chi connectivity index (χ0) is 42.9. The van der Waals surface area contributed by atoms with Crippen LogP contribution in [0.2, 0.25) is 0 Å². The Labute approximate surface area is 386 Å². The first kappa shape index (κ1) is 39.5. The number of fused-ring (bicyclic) bond motifs is 6. The molecule has 0 fully saturated rings. The first-order chi connectivity index (χ1) is 32.2. The molecule has 2 aromatic rings. The molecule has 2 nitrogen and oxygen atoms in total. The van der Waals surface area contributed by atoms with Crippen LogP contribution in [0.15, 0.2) is 221 Å². The van der Waals surface area contributed by atoms with E-state index in [-0.39, 0.29) is 17.6 Å². The molecule has 0 N–H and O–H groups in total. The second-order valence-electron chi connectivity index (χ2n) is 20.4. The summed E-state index contributed by atoms with van der Waals surface area (Å²) in [6.45, 7) is 0. The molecule has 8 unspecified atom stereocenters. The third kappa shape index (κ3) is 6.41. The summed E-state index contributed by atoms with van der Waals surface area (Å²) in [7, 11) is 0. The number of benzene rings is 2. The van der Waals surface area contributed by atoms with Crippen molar-refractivity contribution in [3.63, 3.8) is 0 Å². The van der Waals surface area contributed by atoms with Crippen molar-refractivity contribution in [1.82, 2.24) is 4.90 Å². The summed E-state index contributed by atoms with van der Waals surface area (Å²) < 4.78 is 6.84. The average Bonchev–Trinajstić information content (AvgIpc) is 3.91. The number of nitrogens with zero attached hydrogens (tertiary/aromatic N) is 1. The molecule has 0 saturated carbocycles. The maximum absolute atomic E-state index is 6.84. The molecule has 1 heterocycles. The summed E-state index contributed by atoms with van der Waals surface area (Å²) >= 11 is 0. The summed E-state index contributed by atoms with van der Waals surface area (Å²) in [6, 6.07) is 21.1. The van der Waals surface area contributed by atoms with Crippen LogP contribution in [0.25, 0.3) is 11.3 Å². The van der Waals surface area contributed by atoms with Crippen LogP contribution in [-0.4, -0.2) is 17.0 Å². The van der Waals surface area contributed by atoms with Crippen LogP contribution in [-0.2, 0) is 10.2 Å². The normalized spacial score (nSPS) is 33.6. The van der Waals surface area contributed by atoms with Gasteiger partial charge in [-0.3, -0.25) is 0 Å². The predicted octanol–water partition coefficient (Wildman–Crippen LogP) is 13.1. The van der Waals surface area contributed by atoms with Crippen LogP contribution in [0.5, 0.6) is 0 Å². The van der Waals surface area contributed by atoms with Crippen LogP contribution in [0.1, 0.15) is 82.6 Å². The quantitative estimate of drug-likeness (QED) is 0.257. The highest BCUT2D eigenvalue weighted by Crippen LogP contribution is 2.62. The zero-order valence-electron chi connectivity index (χ0n) is 37.7. The molecule has 0 radical (unpaired) electrons. The lowest BCUT2D eigenvalue weighted by Crippen LogP contribution is -2.45. The van der Waals surface area contributed by atoms with Gasteiger partial charge in [0.2, 0.25) is 0 Å². The lowest BCUT2D eigenvalue weighted by Gasteiger charge is -2.45. The van der Waals surface area contributed by atoms with E-state index in [1.807, 2.05) is 0 Å². The molecule has 0 saturated heterocycles. The van der Waals surface area contributed by atoms with Gasteiger partial charge in [-0.2, -0.15) is 0 Å². The lowest BCUT2D eigenvalue weighted by atomic mass is 9.59. The monoisotopic (exact) mass is 847 g/mol. The molecule has 0 bridgehead atoms. The van der Waals surface area contributed by atoms with Gasteiger partial charge in [0.1, 0.15) is 11.9 Å². The van der Waals surface area contributed by atoms with Gasteiger partial charge in [-0.1, -0.05) is 170 Å². The predicted molar refractivity (Wildman–Crippen MR) is 267 cm³/mol. The topological polar surface area (TPSA) is 12.5 Å². The summed E-state index contributed by atoms with van der Waals surface area (Å²) in [5.41, 5.74) is 14.8. The summed E-state index contributed by atoms with van der Waals surface area (Å²) in [6.07, 6.45) is 62.9. The molecule has 65 heavy (non-hydrogen) atoms. The van der Waals surface area contributed by atoms with E-state index in [0.717, 1.165) is 51.4 Å². The van der Waals surface area contributed by atoms with E-state index in [4.69, 9.17) is 4.74 Å². The fourth-order valence-electron chi connectivity index (χ4n) is 14.3. The standard InChI is InChI=1S/C63H61NO/c1-4-17-43(18-5-1)51-28-16-29-56-57-39-44(33-38-61(57)65-62(51)56)42-31-34-48(35-32-42)64(60-40-45-19-10-11-24-50(45)52-25-12-13-27-55(52)60)49-36-37-54-53-26-14-15-30-58(53)63(59(54)41-49,46-20-6-2-7-21-46)47-22-8-3-9-23-47/h2-4,6-8,11-15,17,20-22,24-28,30-31,33-39,42-43,45,49,53,57-58,61H,1,5,9-10,16,18-19,23,29,32,40-41H2/t42?,43?,45?,49?,53?,57?,58?,61?,63-/m1/s1. The first-order valence-corrected chi connectivity index (χ1v) is 25.3. The van der Waals surface area contributed by atoms with E-state index in [9.17, 15) is 0 Å². The smallest absolute Gasteiger partial charge is 0.127 e. The van der Waals surface area contributed by atoms with Gasteiger partial charge in [0, 0.05) is 51.6 Å². The zero-order valence-corrected chi connectivity index (χ0v) is 37.7. The molecule has 0 spiro atoms. The Morgan fingerprint density at radius 1 is 0.646 bits per heavy atom. The highest BCUT2D eigenvalue weighted by atomic mass is 16.5. The van der Waals surface area contributed by atoms with E-state index in [2.05, 4.69) is 181 Å². The van der Waals surface area contributed by atoms with Crippen molar-refractivity contribution in [2.75, 3.05) is 0 Å². The molecule has 9 atom stereocenters. The van der Waals surface area contributed by atoms with Gasteiger partial charge >= 0.3 is 0 Å². The number of hydrogen-bond acceptors (Lipinski definition) is 2. The second kappa shape index (κ2) is 16.2. The summed E-state index contributed by atoms with van der Waals surface area (Å²) in [5.74, 6) is 3.67. The highest BCUT2D eigenvalue weighted by molar-refractivity contribution is 5.69. The summed E-state index contributed by atoms with van der Waals surface area (Å²) in [4.78, 5) is 2.83. The van der Waals surface area contributed by atoms with Crippen LogP contribution < -0.4 is 10.4 Å². The molecule has 324 valence electrons. The number of allylic oxidation sites excluding steroid dienone is 21. The van der Waals surface area contributed by atoms with Gasteiger partial charge in [0.15, 0.2) is 0 Å². The van der Waals surface area contributed by atoms with Gasteiger partial charge < -0.3 is 9.64 Å². The minimum Gasteiger partial charge on any atom is -0.485 e. The Morgan fingerprint density at radius 2 is 1.55 bits per heavy atom. The van der Waals surface area contributed by atoms with E-state index in [1.165, 1.54) is 75.6 Å². The molecular weight excluding hydrogens is 787 g/mol. The van der Waals surface area contributed by atoms with Gasteiger partial charge in [0.05, 0.1) is 6.04 Å². The van der Waals surface area contributed by atoms with E-state index in [1.54, 1.807) is 22.3 Å². The Hall–Kier alpha value is -5.86. The Kier molecular flexibility index (Phi) is 9.86. The molecule has 11 aliphatic rings. The fourth-order valence-corrected chi connectivity index (χ4v) is 14.3. The van der Waals surface area contributed by atoms with Crippen LogP contribution >= 0.6 is 0 Å². The van der Waals surface area contributed by atoms with Gasteiger partial charge in [0.25, 0.3) is 0 Å². The minimum atomic E-state index is -0.188. The fraction of sp³-hybridized carbons (Fsp3) is 0.333. The van der Waals surface area contributed by atoms with Crippen LogP contribution in [0, 0.1) is 35.5 Å². The minimum absolute atomic E-state index is 0.122. The third-order valence-corrected chi connectivity index (χ3v) is 17.1. The van der Waals surface area contributed by atoms with Crippen LogP contribution in [0.4, 0.5) is 0 Å². The third-order valence-electron chi connectivity index (χ3n) is 17.1. The largest absolute Gasteiger partial charge is 0.485 e. The molecule has 1 aliphatic heterocycles. The van der Waals surface area contributed by atoms with E-state index in [0.29, 0.717) is 35.5 Å². The Bertz CT molecular complexity index is 2900. The number of rotatable bonds is 7. The molecule has 0 amide bonds. The van der Waals surface area contributed by atoms with Crippen molar-refractivity contribution in [2.24, 2.45) is 35.5 Å². The Balaban J connectivity index is 0.890. The van der Waals surface area contributed by atoms with Crippen molar-refractivity contribution < 1.29 is 4.74 Å². The molecule has 2 heteroatoms.